The Labute approximate surface area is 169 Å². The van der Waals surface area contributed by atoms with Gasteiger partial charge in [-0.1, -0.05) is 54.6 Å². The van der Waals surface area contributed by atoms with Crippen LogP contribution in [0.2, 0.25) is 0 Å². The predicted molar refractivity (Wildman–Crippen MR) is 114 cm³/mol. The molecule has 1 aliphatic rings. The van der Waals surface area contributed by atoms with Gasteiger partial charge in [0.15, 0.2) is 0 Å². The van der Waals surface area contributed by atoms with E-state index in [0.717, 1.165) is 40.2 Å². The lowest BCUT2D eigenvalue weighted by Gasteiger charge is -2.30. The third-order valence-electron chi connectivity index (χ3n) is 5.80. The summed E-state index contributed by atoms with van der Waals surface area (Å²) in [5.41, 5.74) is 3.62. The van der Waals surface area contributed by atoms with E-state index in [4.69, 9.17) is 9.47 Å². The van der Waals surface area contributed by atoms with Crippen molar-refractivity contribution in [1.29, 1.82) is 0 Å². The van der Waals surface area contributed by atoms with Crippen molar-refractivity contribution < 1.29 is 14.3 Å². The van der Waals surface area contributed by atoms with Crippen LogP contribution in [-0.2, 0) is 9.47 Å². The molecule has 1 aromatic heterocycles. The van der Waals surface area contributed by atoms with Gasteiger partial charge in [0.2, 0.25) is 0 Å². The minimum absolute atomic E-state index is 0.258. The fraction of sp³-hybridized carbons (Fsp3) is 0.240. The molecular weight excluding hydrogens is 362 g/mol. The lowest BCUT2D eigenvalue weighted by Crippen LogP contribution is -2.26. The molecule has 1 saturated heterocycles. The van der Waals surface area contributed by atoms with Crippen molar-refractivity contribution >= 4 is 27.8 Å². The summed E-state index contributed by atoms with van der Waals surface area (Å²) in [5, 5.41) is 2.27. The van der Waals surface area contributed by atoms with Gasteiger partial charge in [0.05, 0.1) is 5.56 Å². The molecule has 3 aromatic carbocycles. The molecule has 1 atom stereocenters. The standard InChI is InChI=1S/C25H23NO3/c27-25(19-10-11-21-20-8-4-5-9-22(20)26-23(21)16-19)29-24(17-6-2-1-3-7-17)18-12-14-28-15-13-18/h1-11,16,18,24,26H,12-15H2. The number of aromatic nitrogens is 1. The zero-order valence-electron chi connectivity index (χ0n) is 16.1. The number of fused-ring (bicyclic) bond motifs is 3. The van der Waals surface area contributed by atoms with Crippen LogP contribution in [0.3, 0.4) is 0 Å². The number of carbonyl (C=O) groups is 1. The quantitative estimate of drug-likeness (QED) is 0.462. The number of esters is 1. The Kier molecular flexibility index (Phi) is 4.78. The fourth-order valence-corrected chi connectivity index (χ4v) is 4.26. The van der Waals surface area contributed by atoms with Crippen LogP contribution in [0.15, 0.2) is 72.8 Å². The molecule has 0 amide bonds. The fourth-order valence-electron chi connectivity index (χ4n) is 4.26. The number of benzene rings is 3. The van der Waals surface area contributed by atoms with Crippen LogP contribution in [0, 0.1) is 5.92 Å². The minimum atomic E-state index is -0.286. The Morgan fingerprint density at radius 3 is 2.45 bits per heavy atom. The molecule has 5 rings (SSSR count). The molecule has 0 spiro atoms. The van der Waals surface area contributed by atoms with E-state index in [2.05, 4.69) is 11.1 Å². The molecule has 0 saturated carbocycles. The number of aromatic amines is 1. The van der Waals surface area contributed by atoms with E-state index in [1.54, 1.807) is 0 Å². The number of hydrogen-bond acceptors (Lipinski definition) is 3. The van der Waals surface area contributed by atoms with Gasteiger partial charge in [-0.05, 0) is 36.6 Å². The van der Waals surface area contributed by atoms with E-state index in [0.29, 0.717) is 18.8 Å². The van der Waals surface area contributed by atoms with E-state index >= 15 is 0 Å². The van der Waals surface area contributed by atoms with Crippen molar-refractivity contribution in [2.45, 2.75) is 18.9 Å². The monoisotopic (exact) mass is 385 g/mol. The van der Waals surface area contributed by atoms with Crippen LogP contribution in [0.4, 0.5) is 0 Å². The highest BCUT2D eigenvalue weighted by Gasteiger charge is 2.29. The summed E-state index contributed by atoms with van der Waals surface area (Å²) in [6.07, 6.45) is 1.54. The molecule has 1 fully saturated rings. The van der Waals surface area contributed by atoms with Crippen LogP contribution in [0.25, 0.3) is 21.8 Å². The van der Waals surface area contributed by atoms with Gasteiger partial charge in [-0.25, -0.2) is 4.79 Å². The molecule has 146 valence electrons. The van der Waals surface area contributed by atoms with Gasteiger partial charge in [-0.15, -0.1) is 0 Å². The van der Waals surface area contributed by atoms with E-state index in [9.17, 15) is 4.79 Å². The number of para-hydroxylation sites is 1. The second kappa shape index (κ2) is 7.72. The van der Waals surface area contributed by atoms with Crippen LogP contribution >= 0.6 is 0 Å². The van der Waals surface area contributed by atoms with Gasteiger partial charge < -0.3 is 14.5 Å². The van der Waals surface area contributed by atoms with Crippen molar-refractivity contribution in [3.05, 3.63) is 83.9 Å². The van der Waals surface area contributed by atoms with Gasteiger partial charge in [0, 0.05) is 40.9 Å². The zero-order chi connectivity index (χ0) is 19.6. The Hall–Kier alpha value is -3.11. The summed E-state index contributed by atoms with van der Waals surface area (Å²) < 4.78 is 11.6. The molecule has 4 nitrogen and oxygen atoms in total. The first-order valence-electron chi connectivity index (χ1n) is 10.1. The smallest absolute Gasteiger partial charge is 0.338 e. The summed E-state index contributed by atoms with van der Waals surface area (Å²) in [4.78, 5) is 16.5. The highest BCUT2D eigenvalue weighted by Crippen LogP contribution is 2.34. The minimum Gasteiger partial charge on any atom is -0.454 e. The molecule has 4 heteroatoms. The van der Waals surface area contributed by atoms with Crippen molar-refractivity contribution in [2.24, 2.45) is 5.92 Å². The average molecular weight is 385 g/mol. The number of hydrogen-bond donors (Lipinski definition) is 1. The molecule has 2 heterocycles. The van der Waals surface area contributed by atoms with Crippen molar-refractivity contribution in [3.63, 3.8) is 0 Å². The highest BCUT2D eigenvalue weighted by molar-refractivity contribution is 6.08. The maximum Gasteiger partial charge on any atom is 0.338 e. The van der Waals surface area contributed by atoms with Crippen LogP contribution < -0.4 is 0 Å². The summed E-state index contributed by atoms with van der Waals surface area (Å²) >= 11 is 0. The SMILES string of the molecule is O=C(OC(c1ccccc1)C1CCOCC1)c1ccc2c(c1)[nH]c1ccccc12. The molecule has 0 bridgehead atoms. The first-order valence-corrected chi connectivity index (χ1v) is 10.1. The molecule has 0 radical (unpaired) electrons. The lowest BCUT2D eigenvalue weighted by molar-refractivity contribution is -0.0194. The van der Waals surface area contributed by atoms with Gasteiger partial charge >= 0.3 is 5.97 Å². The van der Waals surface area contributed by atoms with Crippen LogP contribution in [0.1, 0.15) is 34.9 Å². The molecule has 1 N–H and O–H groups in total. The molecule has 4 aromatic rings. The number of ether oxygens (including phenoxy) is 2. The van der Waals surface area contributed by atoms with Crippen LogP contribution in [-0.4, -0.2) is 24.2 Å². The number of rotatable bonds is 4. The first kappa shape index (κ1) is 18.0. The molecular formula is C25H23NO3. The summed E-state index contributed by atoms with van der Waals surface area (Å²) in [6.45, 7) is 1.43. The second-order valence-corrected chi connectivity index (χ2v) is 7.62. The number of H-pyrrole nitrogens is 1. The molecule has 1 aliphatic heterocycles. The second-order valence-electron chi connectivity index (χ2n) is 7.62. The van der Waals surface area contributed by atoms with Crippen molar-refractivity contribution in [3.8, 4) is 0 Å². The maximum absolute atomic E-state index is 13.1. The van der Waals surface area contributed by atoms with E-state index < -0.39 is 0 Å². The maximum atomic E-state index is 13.1. The highest BCUT2D eigenvalue weighted by atomic mass is 16.5. The predicted octanol–water partition coefficient (Wildman–Crippen LogP) is 5.65. The number of nitrogens with one attached hydrogen (secondary N) is 1. The van der Waals surface area contributed by atoms with Crippen molar-refractivity contribution in [2.75, 3.05) is 13.2 Å². The third-order valence-corrected chi connectivity index (χ3v) is 5.80. The van der Waals surface area contributed by atoms with E-state index in [-0.39, 0.29) is 18.0 Å². The Bertz CT molecular complexity index is 1140. The largest absolute Gasteiger partial charge is 0.454 e. The summed E-state index contributed by atoms with van der Waals surface area (Å²) in [6, 6.07) is 23.9. The Morgan fingerprint density at radius 1 is 0.897 bits per heavy atom. The molecule has 0 aliphatic carbocycles. The topological polar surface area (TPSA) is 51.3 Å². The van der Waals surface area contributed by atoms with Gasteiger partial charge in [-0.2, -0.15) is 0 Å². The van der Waals surface area contributed by atoms with Gasteiger partial charge in [-0.3, -0.25) is 0 Å². The summed E-state index contributed by atoms with van der Waals surface area (Å²) in [7, 11) is 0. The average Bonchev–Trinajstić information content (AvgIpc) is 3.16. The Balaban J connectivity index is 1.45. The number of carbonyl (C=O) groups excluding carboxylic acids is 1. The lowest BCUT2D eigenvalue weighted by atomic mass is 9.89. The van der Waals surface area contributed by atoms with Gasteiger partial charge in [0.25, 0.3) is 0 Å². The normalized spacial score (nSPS) is 16.1. The third kappa shape index (κ3) is 3.52. The van der Waals surface area contributed by atoms with E-state index in [1.807, 2.05) is 66.7 Å². The van der Waals surface area contributed by atoms with E-state index in [1.165, 1.54) is 0 Å². The van der Waals surface area contributed by atoms with Crippen LogP contribution in [0.5, 0.6) is 0 Å². The summed E-state index contributed by atoms with van der Waals surface area (Å²) in [5.74, 6) is -0.0159. The van der Waals surface area contributed by atoms with Crippen molar-refractivity contribution in [1.82, 2.24) is 4.98 Å². The van der Waals surface area contributed by atoms with Gasteiger partial charge in [0.1, 0.15) is 6.10 Å². The Morgan fingerprint density at radius 2 is 1.62 bits per heavy atom. The molecule has 1 unspecified atom stereocenters. The first-order chi connectivity index (χ1) is 14.3. The zero-order valence-corrected chi connectivity index (χ0v) is 16.1. The molecule has 29 heavy (non-hydrogen) atoms.